The van der Waals surface area contributed by atoms with Gasteiger partial charge in [-0.1, -0.05) is 12.1 Å². The molecule has 0 saturated carbocycles. The van der Waals surface area contributed by atoms with Gasteiger partial charge in [0.25, 0.3) is 0 Å². The topological polar surface area (TPSA) is 64.0 Å². The lowest BCUT2D eigenvalue weighted by Crippen LogP contribution is -2.25. The Kier molecular flexibility index (Phi) is 3.49. The van der Waals surface area contributed by atoms with E-state index in [0.717, 1.165) is 17.5 Å². The summed E-state index contributed by atoms with van der Waals surface area (Å²) in [7, 11) is -3.21. The third kappa shape index (κ3) is 3.18. The molecule has 96 valence electrons. The van der Waals surface area contributed by atoms with E-state index >= 15 is 0 Å². The highest BCUT2D eigenvalue weighted by Crippen LogP contribution is 2.17. The summed E-state index contributed by atoms with van der Waals surface area (Å²) in [6.45, 7) is 1.81. The average molecular weight is 265 g/mol. The molecule has 0 fully saturated rings. The maximum absolute atomic E-state index is 11.2. The van der Waals surface area contributed by atoms with E-state index in [1.807, 2.05) is 42.0 Å². The minimum atomic E-state index is -3.21. The van der Waals surface area contributed by atoms with Crippen LogP contribution in [0.3, 0.4) is 0 Å². The Morgan fingerprint density at radius 1 is 1.39 bits per heavy atom. The molecule has 1 N–H and O–H groups in total. The zero-order chi connectivity index (χ0) is 13.2. The normalized spacial score (nSPS) is 13.4. The molecule has 5 nitrogen and oxygen atoms in total. The van der Waals surface area contributed by atoms with E-state index in [9.17, 15) is 8.42 Å². The molecular formula is C12H15N3O2S. The lowest BCUT2D eigenvalue weighted by atomic mass is 10.1. The third-order valence-corrected chi connectivity index (χ3v) is 3.35. The molecular weight excluding hydrogens is 250 g/mol. The summed E-state index contributed by atoms with van der Waals surface area (Å²) >= 11 is 0. The smallest absolute Gasteiger partial charge is 0.209 e. The Labute approximate surface area is 107 Å². The number of nitrogens with one attached hydrogen (secondary N) is 1. The van der Waals surface area contributed by atoms with E-state index in [1.54, 1.807) is 12.5 Å². The van der Waals surface area contributed by atoms with Crippen LogP contribution in [0.5, 0.6) is 0 Å². The van der Waals surface area contributed by atoms with Gasteiger partial charge in [-0.3, -0.25) is 0 Å². The van der Waals surface area contributed by atoms with Gasteiger partial charge < -0.3 is 4.57 Å². The van der Waals surface area contributed by atoms with Crippen LogP contribution < -0.4 is 4.72 Å². The maximum atomic E-state index is 11.2. The van der Waals surface area contributed by atoms with Gasteiger partial charge in [-0.2, -0.15) is 0 Å². The molecule has 0 bridgehead atoms. The summed E-state index contributed by atoms with van der Waals surface area (Å²) in [5, 5.41) is 0. The van der Waals surface area contributed by atoms with E-state index < -0.39 is 10.0 Å². The molecule has 2 aromatic rings. The number of imidazole rings is 1. The highest BCUT2D eigenvalue weighted by molar-refractivity contribution is 7.88. The fourth-order valence-electron chi connectivity index (χ4n) is 1.76. The summed E-state index contributed by atoms with van der Waals surface area (Å²) in [4.78, 5) is 3.98. The number of hydrogen-bond acceptors (Lipinski definition) is 3. The molecule has 0 spiro atoms. The van der Waals surface area contributed by atoms with Crippen LogP contribution in [0, 0.1) is 0 Å². The number of rotatable bonds is 4. The van der Waals surface area contributed by atoms with Gasteiger partial charge in [0.15, 0.2) is 0 Å². The van der Waals surface area contributed by atoms with Gasteiger partial charge in [-0.15, -0.1) is 0 Å². The van der Waals surface area contributed by atoms with Crippen molar-refractivity contribution in [1.29, 1.82) is 0 Å². The molecule has 0 saturated heterocycles. The van der Waals surface area contributed by atoms with Gasteiger partial charge >= 0.3 is 0 Å². The molecule has 0 aliphatic heterocycles. The predicted molar refractivity (Wildman–Crippen MR) is 70.0 cm³/mol. The fraction of sp³-hybridized carbons (Fsp3) is 0.250. The van der Waals surface area contributed by atoms with E-state index in [2.05, 4.69) is 9.71 Å². The Morgan fingerprint density at radius 3 is 2.78 bits per heavy atom. The van der Waals surface area contributed by atoms with Crippen LogP contribution in [0.1, 0.15) is 18.5 Å². The maximum Gasteiger partial charge on any atom is 0.209 e. The van der Waals surface area contributed by atoms with Crippen molar-refractivity contribution >= 4 is 10.0 Å². The molecule has 0 unspecified atom stereocenters. The van der Waals surface area contributed by atoms with Crippen molar-refractivity contribution in [3.8, 4) is 5.69 Å². The number of sulfonamides is 1. The van der Waals surface area contributed by atoms with Crippen molar-refractivity contribution in [2.75, 3.05) is 6.26 Å². The first kappa shape index (κ1) is 12.8. The highest BCUT2D eigenvalue weighted by atomic mass is 32.2. The van der Waals surface area contributed by atoms with Crippen LogP contribution in [-0.4, -0.2) is 24.2 Å². The second kappa shape index (κ2) is 4.91. The van der Waals surface area contributed by atoms with Gasteiger partial charge in [-0.25, -0.2) is 18.1 Å². The zero-order valence-corrected chi connectivity index (χ0v) is 11.1. The third-order valence-electron chi connectivity index (χ3n) is 2.56. The Hall–Kier alpha value is -1.66. The van der Waals surface area contributed by atoms with Crippen LogP contribution in [0.25, 0.3) is 5.69 Å². The first-order chi connectivity index (χ1) is 8.46. The molecule has 0 aliphatic rings. The number of hydrogen-bond donors (Lipinski definition) is 1. The summed E-state index contributed by atoms with van der Waals surface area (Å²) in [6.07, 6.45) is 6.40. The van der Waals surface area contributed by atoms with Crippen LogP contribution in [0.2, 0.25) is 0 Å². The van der Waals surface area contributed by atoms with Crippen molar-refractivity contribution in [2.45, 2.75) is 13.0 Å². The largest absolute Gasteiger partial charge is 0.306 e. The molecule has 0 radical (unpaired) electrons. The minimum absolute atomic E-state index is 0.261. The number of aromatic nitrogens is 2. The molecule has 0 amide bonds. The van der Waals surface area contributed by atoms with Gasteiger partial charge in [0.1, 0.15) is 0 Å². The van der Waals surface area contributed by atoms with E-state index in [-0.39, 0.29) is 6.04 Å². The molecule has 1 aromatic heterocycles. The molecule has 0 aliphatic carbocycles. The lowest BCUT2D eigenvalue weighted by Gasteiger charge is -2.14. The average Bonchev–Trinajstić information content (AvgIpc) is 2.80. The first-order valence-corrected chi connectivity index (χ1v) is 7.40. The fourth-order valence-corrected chi connectivity index (χ4v) is 2.53. The van der Waals surface area contributed by atoms with Crippen molar-refractivity contribution in [1.82, 2.24) is 14.3 Å². The van der Waals surface area contributed by atoms with Crippen LogP contribution >= 0.6 is 0 Å². The van der Waals surface area contributed by atoms with Crippen molar-refractivity contribution < 1.29 is 8.42 Å². The summed E-state index contributed by atoms with van der Waals surface area (Å²) < 4.78 is 26.8. The van der Waals surface area contributed by atoms with Gasteiger partial charge in [-0.05, 0) is 24.6 Å². The predicted octanol–water partition coefficient (Wildman–Crippen LogP) is 1.48. The summed E-state index contributed by atoms with van der Waals surface area (Å²) in [6, 6.07) is 7.40. The summed E-state index contributed by atoms with van der Waals surface area (Å²) in [5.74, 6) is 0. The van der Waals surface area contributed by atoms with Crippen LogP contribution in [-0.2, 0) is 10.0 Å². The van der Waals surface area contributed by atoms with Gasteiger partial charge in [0, 0.05) is 24.1 Å². The van der Waals surface area contributed by atoms with Gasteiger partial charge in [0.05, 0.1) is 12.6 Å². The minimum Gasteiger partial charge on any atom is -0.306 e. The Bertz CT molecular complexity index is 621. The van der Waals surface area contributed by atoms with E-state index in [4.69, 9.17) is 0 Å². The van der Waals surface area contributed by atoms with Crippen molar-refractivity contribution in [2.24, 2.45) is 0 Å². The molecule has 1 heterocycles. The van der Waals surface area contributed by atoms with Crippen LogP contribution in [0.4, 0.5) is 0 Å². The Balaban J connectivity index is 2.28. The van der Waals surface area contributed by atoms with E-state index in [1.165, 1.54) is 0 Å². The number of nitrogens with zero attached hydrogens (tertiary/aromatic N) is 2. The quantitative estimate of drug-likeness (QED) is 0.910. The second-order valence-electron chi connectivity index (χ2n) is 4.18. The molecule has 18 heavy (non-hydrogen) atoms. The molecule has 1 atom stereocenters. The second-order valence-corrected chi connectivity index (χ2v) is 5.96. The van der Waals surface area contributed by atoms with Crippen molar-refractivity contribution in [3.63, 3.8) is 0 Å². The monoisotopic (exact) mass is 265 g/mol. The molecule has 1 aromatic carbocycles. The summed E-state index contributed by atoms with van der Waals surface area (Å²) in [5.41, 5.74) is 1.86. The lowest BCUT2D eigenvalue weighted by molar-refractivity contribution is 0.573. The SMILES string of the molecule is C[C@@H](NS(C)(=O)=O)c1cccc(-n2ccnc2)c1. The zero-order valence-electron chi connectivity index (χ0n) is 10.2. The molecule has 6 heteroatoms. The number of benzene rings is 1. The van der Waals surface area contributed by atoms with Crippen LogP contribution in [0.15, 0.2) is 43.0 Å². The molecule has 2 rings (SSSR count). The Morgan fingerprint density at radius 2 is 2.17 bits per heavy atom. The standard InChI is InChI=1S/C12H15N3O2S/c1-10(14-18(2,16)17)11-4-3-5-12(8-11)15-7-6-13-9-15/h3-10,14H,1-2H3/t10-/m1/s1. The highest BCUT2D eigenvalue weighted by Gasteiger charge is 2.11. The van der Waals surface area contributed by atoms with Gasteiger partial charge in [0.2, 0.25) is 10.0 Å². The van der Waals surface area contributed by atoms with Crippen molar-refractivity contribution in [3.05, 3.63) is 48.5 Å². The van der Waals surface area contributed by atoms with E-state index in [0.29, 0.717) is 0 Å². The first-order valence-electron chi connectivity index (χ1n) is 5.51.